The zero-order valence-electron chi connectivity index (χ0n) is 8.83. The van der Waals surface area contributed by atoms with Crippen LogP contribution in [0.5, 0.6) is 0 Å². The summed E-state index contributed by atoms with van der Waals surface area (Å²) in [5.41, 5.74) is 8.21. The lowest BCUT2D eigenvalue weighted by Gasteiger charge is -2.22. The molecule has 1 aliphatic heterocycles. The maximum atomic E-state index is 5.88. The maximum absolute atomic E-state index is 5.88. The van der Waals surface area contributed by atoms with E-state index in [1.165, 1.54) is 6.42 Å². The second kappa shape index (κ2) is 3.15. The molecule has 2 heterocycles. The van der Waals surface area contributed by atoms with Gasteiger partial charge in [0.2, 0.25) is 0 Å². The topological polar surface area (TPSA) is 42.2 Å². The number of pyridine rings is 1. The van der Waals surface area contributed by atoms with Gasteiger partial charge in [-0.25, -0.2) is 0 Å². The molecular formula is C11H17N3. The Morgan fingerprint density at radius 2 is 2.29 bits per heavy atom. The third-order valence-corrected chi connectivity index (χ3v) is 2.85. The van der Waals surface area contributed by atoms with Gasteiger partial charge in [-0.1, -0.05) is 13.8 Å². The van der Waals surface area contributed by atoms with Gasteiger partial charge >= 0.3 is 0 Å². The molecule has 1 fully saturated rings. The average molecular weight is 191 g/mol. The molecule has 0 aliphatic carbocycles. The van der Waals surface area contributed by atoms with Gasteiger partial charge < -0.3 is 10.6 Å². The Morgan fingerprint density at radius 1 is 1.50 bits per heavy atom. The van der Waals surface area contributed by atoms with Crippen molar-refractivity contribution in [3.8, 4) is 0 Å². The van der Waals surface area contributed by atoms with Crippen molar-refractivity contribution < 1.29 is 0 Å². The molecule has 0 amide bonds. The minimum Gasteiger partial charge on any atom is -0.396 e. The molecule has 1 saturated heterocycles. The monoisotopic (exact) mass is 191 g/mol. The minimum absolute atomic E-state index is 0.412. The number of aromatic nitrogens is 1. The Hall–Kier alpha value is -1.25. The molecule has 2 rings (SSSR count). The van der Waals surface area contributed by atoms with E-state index in [9.17, 15) is 0 Å². The molecule has 0 radical (unpaired) electrons. The minimum atomic E-state index is 0.412. The van der Waals surface area contributed by atoms with Gasteiger partial charge in [0.25, 0.3) is 0 Å². The normalized spacial score (nSPS) is 20.0. The average Bonchev–Trinajstić information content (AvgIpc) is 2.47. The van der Waals surface area contributed by atoms with Crippen LogP contribution in [0, 0.1) is 5.41 Å². The first kappa shape index (κ1) is 9.31. The summed E-state index contributed by atoms with van der Waals surface area (Å²) in [4.78, 5) is 6.35. The molecule has 1 aliphatic rings. The summed E-state index contributed by atoms with van der Waals surface area (Å²) in [5, 5.41) is 0. The van der Waals surface area contributed by atoms with Gasteiger partial charge in [-0.2, -0.15) is 0 Å². The van der Waals surface area contributed by atoms with Crippen molar-refractivity contribution in [1.29, 1.82) is 0 Å². The quantitative estimate of drug-likeness (QED) is 0.737. The van der Waals surface area contributed by atoms with Crippen LogP contribution in [-0.4, -0.2) is 18.1 Å². The molecule has 2 N–H and O–H groups in total. The van der Waals surface area contributed by atoms with E-state index in [2.05, 4.69) is 23.7 Å². The van der Waals surface area contributed by atoms with E-state index >= 15 is 0 Å². The van der Waals surface area contributed by atoms with Crippen LogP contribution < -0.4 is 10.6 Å². The maximum Gasteiger partial charge on any atom is 0.0738 e. The highest BCUT2D eigenvalue weighted by Gasteiger charge is 2.29. The molecule has 0 atom stereocenters. The fourth-order valence-electron chi connectivity index (χ4n) is 2.01. The van der Waals surface area contributed by atoms with Gasteiger partial charge in [-0.15, -0.1) is 0 Å². The molecule has 1 aromatic rings. The van der Waals surface area contributed by atoms with Crippen LogP contribution in [0.1, 0.15) is 20.3 Å². The summed E-state index contributed by atoms with van der Waals surface area (Å²) >= 11 is 0. The predicted molar refractivity (Wildman–Crippen MR) is 59.3 cm³/mol. The molecule has 0 bridgehead atoms. The molecule has 1 aromatic heterocycles. The van der Waals surface area contributed by atoms with Gasteiger partial charge in [0, 0.05) is 19.3 Å². The lowest BCUT2D eigenvalue weighted by atomic mass is 9.93. The van der Waals surface area contributed by atoms with Crippen molar-refractivity contribution >= 4 is 11.4 Å². The van der Waals surface area contributed by atoms with E-state index in [-0.39, 0.29) is 0 Å². The molecule has 14 heavy (non-hydrogen) atoms. The Labute approximate surface area is 84.9 Å². The van der Waals surface area contributed by atoms with Crippen molar-refractivity contribution in [2.24, 2.45) is 5.41 Å². The number of nitrogens with two attached hydrogens (primary N) is 1. The standard InChI is InChI=1S/C11H17N3/c1-11(2)4-6-14(8-11)10-3-5-13-7-9(10)12/h3,5,7H,4,6,8,12H2,1-2H3. The number of anilines is 2. The van der Waals surface area contributed by atoms with Crippen LogP contribution in [0.4, 0.5) is 11.4 Å². The first-order valence-electron chi connectivity index (χ1n) is 5.03. The van der Waals surface area contributed by atoms with Gasteiger partial charge in [0.1, 0.15) is 0 Å². The van der Waals surface area contributed by atoms with Crippen molar-refractivity contribution in [3.63, 3.8) is 0 Å². The largest absolute Gasteiger partial charge is 0.396 e. The molecule has 0 spiro atoms. The van der Waals surface area contributed by atoms with Crippen LogP contribution in [0.2, 0.25) is 0 Å². The van der Waals surface area contributed by atoms with E-state index in [0.717, 1.165) is 24.5 Å². The summed E-state index contributed by atoms with van der Waals surface area (Å²) in [5.74, 6) is 0. The fourth-order valence-corrected chi connectivity index (χ4v) is 2.01. The SMILES string of the molecule is CC1(C)CCN(c2ccncc2N)C1. The summed E-state index contributed by atoms with van der Waals surface area (Å²) in [7, 11) is 0. The lowest BCUT2D eigenvalue weighted by molar-refractivity contribution is 0.418. The van der Waals surface area contributed by atoms with Crippen molar-refractivity contribution in [1.82, 2.24) is 4.98 Å². The zero-order chi connectivity index (χ0) is 10.2. The zero-order valence-corrected chi connectivity index (χ0v) is 8.83. The predicted octanol–water partition coefficient (Wildman–Crippen LogP) is 1.90. The Kier molecular flexibility index (Phi) is 2.10. The molecule has 3 nitrogen and oxygen atoms in total. The van der Waals surface area contributed by atoms with Crippen molar-refractivity contribution in [2.45, 2.75) is 20.3 Å². The van der Waals surface area contributed by atoms with E-state index in [4.69, 9.17) is 5.73 Å². The number of rotatable bonds is 1. The first-order valence-corrected chi connectivity index (χ1v) is 5.03. The third kappa shape index (κ3) is 1.67. The third-order valence-electron chi connectivity index (χ3n) is 2.85. The lowest BCUT2D eigenvalue weighted by Crippen LogP contribution is -2.23. The second-order valence-electron chi connectivity index (χ2n) is 4.77. The molecule has 0 saturated carbocycles. The van der Waals surface area contributed by atoms with Gasteiger partial charge in [0.05, 0.1) is 17.6 Å². The number of nitrogen functional groups attached to an aromatic ring is 1. The van der Waals surface area contributed by atoms with Crippen LogP contribution in [0.25, 0.3) is 0 Å². The highest BCUT2D eigenvalue weighted by molar-refractivity contribution is 5.66. The molecule has 3 heteroatoms. The number of hydrogen-bond acceptors (Lipinski definition) is 3. The van der Waals surface area contributed by atoms with Crippen molar-refractivity contribution in [2.75, 3.05) is 23.7 Å². The number of nitrogens with zero attached hydrogens (tertiary/aromatic N) is 2. The number of hydrogen-bond donors (Lipinski definition) is 1. The van der Waals surface area contributed by atoms with Gasteiger partial charge in [0.15, 0.2) is 0 Å². The molecule has 76 valence electrons. The highest BCUT2D eigenvalue weighted by atomic mass is 15.2. The summed E-state index contributed by atoms with van der Waals surface area (Å²) in [6.45, 7) is 6.77. The van der Waals surface area contributed by atoms with Crippen LogP contribution in [0.15, 0.2) is 18.5 Å². The van der Waals surface area contributed by atoms with Gasteiger partial charge in [-0.3, -0.25) is 4.98 Å². The summed E-state index contributed by atoms with van der Waals surface area (Å²) < 4.78 is 0. The molecule has 0 aromatic carbocycles. The van der Waals surface area contributed by atoms with Crippen LogP contribution in [0.3, 0.4) is 0 Å². The van der Waals surface area contributed by atoms with E-state index in [1.807, 2.05) is 6.07 Å². The Bertz CT molecular complexity index is 333. The highest BCUT2D eigenvalue weighted by Crippen LogP contribution is 2.34. The van der Waals surface area contributed by atoms with Crippen LogP contribution >= 0.6 is 0 Å². The fraction of sp³-hybridized carbons (Fsp3) is 0.545. The van der Waals surface area contributed by atoms with Crippen LogP contribution in [-0.2, 0) is 0 Å². The molecular weight excluding hydrogens is 174 g/mol. The van der Waals surface area contributed by atoms with Gasteiger partial charge in [-0.05, 0) is 17.9 Å². The summed E-state index contributed by atoms with van der Waals surface area (Å²) in [6, 6.07) is 2.00. The van der Waals surface area contributed by atoms with E-state index < -0.39 is 0 Å². The van der Waals surface area contributed by atoms with Crippen molar-refractivity contribution in [3.05, 3.63) is 18.5 Å². The second-order valence-corrected chi connectivity index (χ2v) is 4.77. The Morgan fingerprint density at radius 3 is 2.86 bits per heavy atom. The van der Waals surface area contributed by atoms with E-state index in [0.29, 0.717) is 5.41 Å². The smallest absolute Gasteiger partial charge is 0.0738 e. The van der Waals surface area contributed by atoms with E-state index in [1.54, 1.807) is 12.4 Å². The summed E-state index contributed by atoms with van der Waals surface area (Å²) in [6.07, 6.45) is 4.76. The Balaban J connectivity index is 2.22. The first-order chi connectivity index (χ1) is 6.58. The molecule has 0 unspecified atom stereocenters.